The van der Waals surface area contributed by atoms with E-state index in [0.29, 0.717) is 23.2 Å². The van der Waals surface area contributed by atoms with Crippen molar-refractivity contribution >= 4 is 29.5 Å². The molecule has 0 fully saturated rings. The van der Waals surface area contributed by atoms with Crippen LogP contribution in [-0.2, 0) is 19.1 Å². The molecule has 0 heterocycles. The van der Waals surface area contributed by atoms with Gasteiger partial charge in [0.05, 0.1) is 6.42 Å². The van der Waals surface area contributed by atoms with Crippen LogP contribution in [0.2, 0.25) is 0 Å². The number of benzene rings is 2. The van der Waals surface area contributed by atoms with Gasteiger partial charge >= 0.3 is 6.09 Å². The van der Waals surface area contributed by atoms with Gasteiger partial charge in [0.2, 0.25) is 11.8 Å². The van der Waals surface area contributed by atoms with E-state index in [-0.39, 0.29) is 0 Å². The number of nitrogens with zero attached hydrogens (tertiary/aromatic N) is 1. The largest absolute Gasteiger partial charge is 0.444 e. The number of nitrogens with two attached hydrogens (primary N) is 1. The van der Waals surface area contributed by atoms with Gasteiger partial charge in [0, 0.05) is 17.3 Å². The molecule has 0 spiro atoms. The van der Waals surface area contributed by atoms with Gasteiger partial charge in [0.1, 0.15) is 17.7 Å². The van der Waals surface area contributed by atoms with Gasteiger partial charge in [0.25, 0.3) is 5.91 Å². The smallest absolute Gasteiger partial charge is 0.408 e. The molecule has 0 saturated heterocycles. The van der Waals surface area contributed by atoms with E-state index in [0.717, 1.165) is 5.56 Å². The summed E-state index contributed by atoms with van der Waals surface area (Å²) in [5.41, 5.74) is 7.14. The Hall–Kier alpha value is -4.32. The first-order valence-corrected chi connectivity index (χ1v) is 12.8. The second-order valence-corrected chi connectivity index (χ2v) is 10.3. The van der Waals surface area contributed by atoms with Crippen molar-refractivity contribution in [3.63, 3.8) is 0 Å². The Bertz CT molecular complexity index is 1230. The zero-order valence-corrected chi connectivity index (χ0v) is 23.4. The monoisotopic (exact) mass is 534 g/mol. The van der Waals surface area contributed by atoms with E-state index in [4.69, 9.17) is 16.9 Å². The average molecular weight is 535 g/mol. The van der Waals surface area contributed by atoms with Gasteiger partial charge in [-0.2, -0.15) is 0 Å². The van der Waals surface area contributed by atoms with Gasteiger partial charge in [-0.15, -0.1) is 6.42 Å². The Morgan fingerprint density at radius 2 is 1.69 bits per heavy atom. The molecule has 0 saturated carbocycles. The highest BCUT2D eigenvalue weighted by Gasteiger charge is 2.39. The van der Waals surface area contributed by atoms with Crippen LogP contribution in [0.15, 0.2) is 48.5 Å². The molecule has 0 bridgehead atoms. The van der Waals surface area contributed by atoms with E-state index in [1.54, 1.807) is 64.1 Å². The molecular formula is C30H38N4O5. The number of terminal acetylenes is 1. The zero-order chi connectivity index (χ0) is 29.3. The molecule has 9 nitrogen and oxygen atoms in total. The number of rotatable bonds is 10. The van der Waals surface area contributed by atoms with Crippen molar-refractivity contribution in [2.45, 2.75) is 78.1 Å². The predicted molar refractivity (Wildman–Crippen MR) is 150 cm³/mol. The van der Waals surface area contributed by atoms with Crippen LogP contribution in [0, 0.1) is 19.3 Å². The number of hydrogen-bond acceptors (Lipinski definition) is 5. The molecule has 0 aliphatic carbocycles. The van der Waals surface area contributed by atoms with E-state index in [2.05, 4.69) is 16.6 Å². The standard InChI is InChI=1S/C30H38N4O5/c1-8-20(4)34(28(37)24(18-25(31)35)33-29(38)39-30(5,6)7)26(22-16-14-21(9-2)15-17-22)27(36)32-23-13-11-10-12-19(23)3/h2,10-17,20,24,26H,8,18H2,1,3-7H3,(H2,31,35)(H,32,36)(H,33,38). The van der Waals surface area contributed by atoms with E-state index < -0.39 is 54.0 Å². The first kappa shape index (κ1) is 30.9. The van der Waals surface area contributed by atoms with E-state index >= 15 is 0 Å². The lowest BCUT2D eigenvalue weighted by molar-refractivity contribution is -0.144. The molecular weight excluding hydrogens is 496 g/mol. The molecule has 2 rings (SSSR count). The summed E-state index contributed by atoms with van der Waals surface area (Å²) in [6.07, 6.45) is 4.64. The number of carbonyl (C=O) groups excluding carboxylic acids is 4. The zero-order valence-electron chi connectivity index (χ0n) is 23.4. The van der Waals surface area contributed by atoms with Crippen molar-refractivity contribution in [2.75, 3.05) is 5.32 Å². The maximum atomic E-state index is 14.1. The molecule has 0 radical (unpaired) electrons. The minimum absolute atomic E-state index is 0.465. The van der Waals surface area contributed by atoms with Gasteiger partial charge in [-0.05, 0) is 70.4 Å². The van der Waals surface area contributed by atoms with Gasteiger partial charge in [-0.25, -0.2) is 4.79 Å². The molecule has 208 valence electrons. The lowest BCUT2D eigenvalue weighted by Gasteiger charge is -2.38. The topological polar surface area (TPSA) is 131 Å². The second-order valence-electron chi connectivity index (χ2n) is 10.3. The second kappa shape index (κ2) is 13.5. The summed E-state index contributed by atoms with van der Waals surface area (Å²) in [4.78, 5) is 53.9. The van der Waals surface area contributed by atoms with Crippen molar-refractivity contribution < 1.29 is 23.9 Å². The Morgan fingerprint density at radius 3 is 2.21 bits per heavy atom. The number of amides is 4. The molecule has 4 N–H and O–H groups in total. The van der Waals surface area contributed by atoms with E-state index in [1.165, 1.54) is 4.90 Å². The number of hydrogen-bond donors (Lipinski definition) is 3. The highest BCUT2D eigenvalue weighted by Crippen LogP contribution is 2.29. The molecule has 9 heteroatoms. The molecule has 2 aromatic carbocycles. The molecule has 39 heavy (non-hydrogen) atoms. The van der Waals surface area contributed by atoms with E-state index in [1.807, 2.05) is 26.0 Å². The third kappa shape index (κ3) is 8.88. The van der Waals surface area contributed by atoms with Crippen molar-refractivity contribution in [2.24, 2.45) is 5.73 Å². The molecule has 2 aromatic rings. The lowest BCUT2D eigenvalue weighted by Crippen LogP contribution is -2.55. The number of para-hydroxylation sites is 1. The number of ether oxygens (including phenoxy) is 1. The normalized spacial score (nSPS) is 13.3. The molecule has 3 unspecified atom stereocenters. The summed E-state index contributed by atoms with van der Waals surface area (Å²) in [6, 6.07) is 11.1. The maximum absolute atomic E-state index is 14.1. The third-order valence-electron chi connectivity index (χ3n) is 6.04. The number of primary amides is 1. The fraction of sp³-hybridized carbons (Fsp3) is 0.400. The van der Waals surface area contributed by atoms with E-state index in [9.17, 15) is 19.2 Å². The Balaban J connectivity index is 2.60. The molecule has 0 aromatic heterocycles. The summed E-state index contributed by atoms with van der Waals surface area (Å²) in [7, 11) is 0. The Labute approximate surface area is 230 Å². The first-order valence-electron chi connectivity index (χ1n) is 12.8. The van der Waals surface area contributed by atoms with Gasteiger partial charge in [-0.1, -0.05) is 43.2 Å². The Morgan fingerprint density at radius 1 is 1.08 bits per heavy atom. The minimum atomic E-state index is -1.36. The summed E-state index contributed by atoms with van der Waals surface area (Å²) < 4.78 is 5.31. The van der Waals surface area contributed by atoms with Crippen molar-refractivity contribution in [1.82, 2.24) is 10.2 Å². The number of nitrogens with one attached hydrogen (secondary N) is 2. The highest BCUT2D eigenvalue weighted by molar-refractivity contribution is 6.00. The van der Waals surface area contributed by atoms with Gasteiger partial charge in [-0.3, -0.25) is 14.4 Å². The maximum Gasteiger partial charge on any atom is 0.408 e. The number of alkyl carbamates (subject to hydrolysis) is 1. The van der Waals surface area contributed by atoms with Crippen LogP contribution in [0.25, 0.3) is 0 Å². The van der Waals surface area contributed by atoms with Gasteiger partial charge in [0.15, 0.2) is 0 Å². The number of carbonyl (C=O) groups is 4. The van der Waals surface area contributed by atoms with Crippen LogP contribution < -0.4 is 16.4 Å². The average Bonchev–Trinajstić information content (AvgIpc) is 2.86. The van der Waals surface area contributed by atoms with Crippen LogP contribution in [0.1, 0.15) is 70.2 Å². The van der Waals surface area contributed by atoms with Crippen molar-refractivity contribution in [1.29, 1.82) is 0 Å². The summed E-state index contributed by atoms with van der Waals surface area (Å²) in [5, 5.41) is 5.40. The Kier molecular flexibility index (Phi) is 10.7. The predicted octanol–water partition coefficient (Wildman–Crippen LogP) is 4.05. The first-order chi connectivity index (χ1) is 18.3. The minimum Gasteiger partial charge on any atom is -0.444 e. The lowest BCUT2D eigenvalue weighted by atomic mass is 9.98. The van der Waals surface area contributed by atoms with Crippen LogP contribution in [-0.4, -0.2) is 46.4 Å². The summed E-state index contributed by atoms with van der Waals surface area (Å²) >= 11 is 0. The fourth-order valence-corrected chi connectivity index (χ4v) is 3.94. The highest BCUT2D eigenvalue weighted by atomic mass is 16.6. The van der Waals surface area contributed by atoms with Crippen molar-refractivity contribution in [3.05, 3.63) is 65.2 Å². The summed E-state index contributed by atoms with van der Waals surface area (Å²) in [5.74, 6) is 0.620. The van der Waals surface area contributed by atoms with Crippen LogP contribution in [0.4, 0.5) is 10.5 Å². The van der Waals surface area contributed by atoms with Crippen LogP contribution in [0.3, 0.4) is 0 Å². The van der Waals surface area contributed by atoms with Crippen LogP contribution in [0.5, 0.6) is 0 Å². The third-order valence-corrected chi connectivity index (χ3v) is 6.04. The quantitative estimate of drug-likeness (QED) is 0.396. The SMILES string of the molecule is C#Cc1ccc(C(C(=O)Nc2ccccc2C)N(C(=O)C(CC(N)=O)NC(=O)OC(C)(C)C)C(C)CC)cc1. The summed E-state index contributed by atoms with van der Waals surface area (Å²) in [6.45, 7) is 10.5. The molecule has 4 amide bonds. The molecule has 0 aliphatic rings. The van der Waals surface area contributed by atoms with Crippen molar-refractivity contribution in [3.8, 4) is 12.3 Å². The number of aryl methyl sites for hydroxylation is 1. The van der Waals surface area contributed by atoms with Gasteiger partial charge < -0.3 is 26.0 Å². The molecule has 3 atom stereocenters. The fourth-order valence-electron chi connectivity index (χ4n) is 3.94. The number of anilines is 1. The van der Waals surface area contributed by atoms with Crippen LogP contribution >= 0.6 is 0 Å². The molecule has 0 aliphatic heterocycles.